The van der Waals surface area contributed by atoms with Crippen molar-refractivity contribution >= 4 is 11.9 Å². The first-order valence-corrected chi connectivity index (χ1v) is 37.9. The van der Waals surface area contributed by atoms with E-state index in [1.54, 1.807) is 0 Å². The molecule has 0 radical (unpaired) electrons. The fourth-order valence-electron chi connectivity index (χ4n) is 12.3. The van der Waals surface area contributed by atoms with Crippen LogP contribution in [0.15, 0.2) is 12.2 Å². The summed E-state index contributed by atoms with van der Waals surface area (Å²) in [7, 11) is 0. The first-order chi connectivity index (χ1) is 40.5. The van der Waals surface area contributed by atoms with E-state index >= 15 is 0 Å². The predicted octanol–water partition coefficient (Wildman–Crippen LogP) is 24.7. The number of nitrogens with one attached hydrogen (secondary N) is 1. The van der Waals surface area contributed by atoms with Gasteiger partial charge in [0.1, 0.15) is 0 Å². The monoisotopic (exact) mass is 1160 g/mol. The molecule has 0 aliphatic carbocycles. The maximum atomic E-state index is 12.6. The Hall–Kier alpha value is -1.40. The van der Waals surface area contributed by atoms with E-state index < -0.39 is 12.1 Å². The SMILES string of the molecule is CCCCCCCCCCCCCCCCCCCCCCCC(O)C(CO)NC(=O)CCCCCCCCCCCCCCCCCCC/C=C\CCCCCCCCCCCCCCOC(=O)CCCCCCCCCCCCC. The minimum absolute atomic E-state index is 0.0194. The summed E-state index contributed by atoms with van der Waals surface area (Å²) in [4.78, 5) is 24.6. The molecule has 0 saturated carbocycles. The zero-order chi connectivity index (χ0) is 59.2. The summed E-state index contributed by atoms with van der Waals surface area (Å²) in [6, 6.07) is -0.539. The predicted molar refractivity (Wildman–Crippen MR) is 361 cm³/mol. The summed E-state index contributed by atoms with van der Waals surface area (Å²) in [6.45, 7) is 5.00. The number of rotatable bonds is 72. The summed E-state index contributed by atoms with van der Waals surface area (Å²) >= 11 is 0. The Labute approximate surface area is 514 Å². The number of unbranched alkanes of at least 4 members (excludes halogenated alkanes) is 59. The van der Waals surface area contributed by atoms with Crippen molar-refractivity contribution in [3.05, 3.63) is 12.2 Å². The Morgan fingerprint density at radius 2 is 0.573 bits per heavy atom. The Morgan fingerprint density at radius 1 is 0.329 bits per heavy atom. The molecule has 0 aliphatic heterocycles. The minimum Gasteiger partial charge on any atom is -0.466 e. The van der Waals surface area contributed by atoms with Crippen molar-refractivity contribution in [2.75, 3.05) is 13.2 Å². The number of ether oxygens (including phenoxy) is 1. The summed E-state index contributed by atoms with van der Waals surface area (Å²) in [6.07, 6.45) is 90.1. The van der Waals surface area contributed by atoms with Crippen molar-refractivity contribution in [3.8, 4) is 0 Å². The molecule has 0 spiro atoms. The third-order valence-electron chi connectivity index (χ3n) is 18.1. The quantitative estimate of drug-likeness (QED) is 0.0320. The zero-order valence-electron chi connectivity index (χ0n) is 56.0. The van der Waals surface area contributed by atoms with Crippen LogP contribution in [0.1, 0.15) is 438 Å². The van der Waals surface area contributed by atoms with E-state index in [2.05, 4.69) is 31.3 Å². The van der Waals surface area contributed by atoms with Gasteiger partial charge in [0.05, 0.1) is 25.4 Å². The van der Waals surface area contributed by atoms with Crippen LogP contribution in [0.3, 0.4) is 0 Å². The van der Waals surface area contributed by atoms with Crippen LogP contribution in [0, 0.1) is 0 Å². The zero-order valence-corrected chi connectivity index (χ0v) is 56.0. The molecule has 0 heterocycles. The Bertz CT molecular complexity index is 1240. The van der Waals surface area contributed by atoms with Gasteiger partial charge in [0.15, 0.2) is 0 Å². The molecule has 3 N–H and O–H groups in total. The van der Waals surface area contributed by atoms with Gasteiger partial charge in [0.2, 0.25) is 5.91 Å². The van der Waals surface area contributed by atoms with E-state index in [-0.39, 0.29) is 18.5 Å². The average molecular weight is 1160 g/mol. The molecular weight excluding hydrogens is 1010 g/mol. The van der Waals surface area contributed by atoms with Gasteiger partial charge >= 0.3 is 5.97 Å². The second kappa shape index (κ2) is 72.1. The molecule has 1 amide bonds. The average Bonchev–Trinajstić information content (AvgIpc) is 3.48. The van der Waals surface area contributed by atoms with Crippen LogP contribution in [0.25, 0.3) is 0 Å². The first-order valence-electron chi connectivity index (χ1n) is 37.9. The molecule has 0 aliphatic rings. The van der Waals surface area contributed by atoms with Gasteiger partial charge in [-0.15, -0.1) is 0 Å². The number of aliphatic hydroxyl groups excluding tert-OH is 2. The Kier molecular flexibility index (Phi) is 70.8. The highest BCUT2D eigenvalue weighted by Gasteiger charge is 2.20. The van der Waals surface area contributed by atoms with Crippen LogP contribution in [0.5, 0.6) is 0 Å². The fraction of sp³-hybridized carbons (Fsp3) is 0.947. The number of allylic oxidation sites excluding steroid dienone is 2. The van der Waals surface area contributed by atoms with Gasteiger partial charge in [-0.05, 0) is 51.4 Å². The summed E-state index contributed by atoms with van der Waals surface area (Å²) in [5, 5.41) is 23.4. The molecule has 2 atom stereocenters. The molecule has 6 nitrogen and oxygen atoms in total. The summed E-state index contributed by atoms with van der Waals surface area (Å²) in [5.74, 6) is -0.00703. The lowest BCUT2D eigenvalue weighted by Gasteiger charge is -2.22. The summed E-state index contributed by atoms with van der Waals surface area (Å²) in [5.41, 5.74) is 0. The van der Waals surface area contributed by atoms with E-state index in [9.17, 15) is 19.8 Å². The minimum atomic E-state index is -0.662. The van der Waals surface area contributed by atoms with Crippen molar-refractivity contribution in [1.29, 1.82) is 0 Å². The lowest BCUT2D eigenvalue weighted by Crippen LogP contribution is -2.45. The third kappa shape index (κ3) is 67.7. The molecule has 6 heteroatoms. The molecule has 0 bridgehead atoms. The molecule has 0 aromatic heterocycles. The fourth-order valence-corrected chi connectivity index (χ4v) is 12.3. The van der Waals surface area contributed by atoms with Crippen LogP contribution in [-0.4, -0.2) is 47.4 Å². The van der Waals surface area contributed by atoms with E-state index in [1.807, 2.05) is 0 Å². The van der Waals surface area contributed by atoms with Crippen molar-refractivity contribution in [2.45, 2.75) is 450 Å². The third-order valence-corrected chi connectivity index (χ3v) is 18.1. The Balaban J connectivity index is 3.35. The molecule has 82 heavy (non-hydrogen) atoms. The molecule has 0 aromatic rings. The van der Waals surface area contributed by atoms with Crippen molar-refractivity contribution in [2.24, 2.45) is 0 Å². The smallest absolute Gasteiger partial charge is 0.305 e. The maximum absolute atomic E-state index is 12.6. The molecule has 2 unspecified atom stereocenters. The lowest BCUT2D eigenvalue weighted by atomic mass is 10.0. The van der Waals surface area contributed by atoms with Crippen LogP contribution >= 0.6 is 0 Å². The molecule has 0 rings (SSSR count). The molecule has 0 fully saturated rings. The van der Waals surface area contributed by atoms with Crippen LogP contribution in [0.4, 0.5) is 0 Å². The number of hydrogen-bond donors (Lipinski definition) is 3. The Morgan fingerprint density at radius 3 is 0.866 bits per heavy atom. The number of aliphatic hydroxyl groups is 2. The highest BCUT2D eigenvalue weighted by atomic mass is 16.5. The second-order valence-corrected chi connectivity index (χ2v) is 26.3. The maximum Gasteiger partial charge on any atom is 0.305 e. The first kappa shape index (κ1) is 80.6. The van der Waals surface area contributed by atoms with E-state index in [0.29, 0.717) is 25.9 Å². The van der Waals surface area contributed by atoms with Crippen molar-refractivity contribution in [3.63, 3.8) is 0 Å². The van der Waals surface area contributed by atoms with E-state index in [1.165, 1.54) is 366 Å². The molecular formula is C76H149NO5. The number of hydrogen-bond acceptors (Lipinski definition) is 5. The largest absolute Gasteiger partial charge is 0.466 e. The number of carbonyl (C=O) groups excluding carboxylic acids is 2. The van der Waals surface area contributed by atoms with Gasteiger partial charge in [0, 0.05) is 12.8 Å². The summed E-state index contributed by atoms with van der Waals surface area (Å²) < 4.78 is 5.48. The van der Waals surface area contributed by atoms with Gasteiger partial charge in [-0.3, -0.25) is 9.59 Å². The van der Waals surface area contributed by atoms with Crippen LogP contribution < -0.4 is 5.32 Å². The van der Waals surface area contributed by atoms with Crippen LogP contribution in [0.2, 0.25) is 0 Å². The van der Waals surface area contributed by atoms with Gasteiger partial charge in [-0.1, -0.05) is 386 Å². The highest BCUT2D eigenvalue weighted by Crippen LogP contribution is 2.20. The van der Waals surface area contributed by atoms with Crippen LogP contribution in [-0.2, 0) is 14.3 Å². The van der Waals surface area contributed by atoms with Gasteiger partial charge < -0.3 is 20.3 Å². The molecule has 488 valence electrons. The van der Waals surface area contributed by atoms with Gasteiger partial charge in [-0.25, -0.2) is 0 Å². The van der Waals surface area contributed by atoms with Crippen molar-refractivity contribution < 1.29 is 24.5 Å². The molecule has 0 aromatic carbocycles. The topological polar surface area (TPSA) is 95.9 Å². The van der Waals surface area contributed by atoms with E-state index in [0.717, 1.165) is 38.5 Å². The lowest BCUT2D eigenvalue weighted by molar-refractivity contribution is -0.143. The van der Waals surface area contributed by atoms with E-state index in [4.69, 9.17) is 4.74 Å². The van der Waals surface area contributed by atoms with Crippen molar-refractivity contribution in [1.82, 2.24) is 5.32 Å². The number of esters is 1. The standard InChI is InChI=1S/C76H149NO5/c1-3-5-7-9-11-13-15-16-17-18-19-33-36-39-42-45-49-52-56-60-64-68-74(79)73(72-78)77-75(80)69-65-61-57-53-50-46-43-40-37-34-31-29-27-25-23-21-20-22-24-26-28-30-32-35-38-41-44-47-51-55-59-63-67-71-82-76(81)70-66-62-58-54-48-14-12-10-8-6-4-2/h24,26,73-74,78-79H,3-23,25,27-72H2,1-2H3,(H,77,80)/b26-24-. The second-order valence-electron chi connectivity index (χ2n) is 26.3. The highest BCUT2D eigenvalue weighted by molar-refractivity contribution is 5.76. The normalized spacial score (nSPS) is 12.5. The van der Waals surface area contributed by atoms with Gasteiger partial charge in [0.25, 0.3) is 0 Å². The molecule has 0 saturated heterocycles. The van der Waals surface area contributed by atoms with Gasteiger partial charge in [-0.2, -0.15) is 0 Å². The number of carbonyl (C=O) groups is 2. The number of amides is 1.